The number of fused-ring (bicyclic) bond motifs is 1. The molecular formula is C30H33FN4O2. The first-order chi connectivity index (χ1) is 18.1. The molecule has 2 unspecified atom stereocenters. The van der Waals surface area contributed by atoms with Gasteiger partial charge in [0.25, 0.3) is 5.91 Å². The normalized spacial score (nSPS) is 21.4. The summed E-state index contributed by atoms with van der Waals surface area (Å²) in [4.78, 5) is 27.5. The molecule has 2 aliphatic carbocycles. The van der Waals surface area contributed by atoms with Crippen molar-refractivity contribution in [1.82, 2.24) is 14.9 Å². The first-order valence-electron chi connectivity index (χ1n) is 13.5. The lowest BCUT2D eigenvalue weighted by Gasteiger charge is -2.41. The lowest BCUT2D eigenvalue weighted by Crippen LogP contribution is -2.42. The molecule has 6 rings (SSSR count). The molecule has 1 N–H and O–H groups in total. The summed E-state index contributed by atoms with van der Waals surface area (Å²) < 4.78 is 15.0. The summed E-state index contributed by atoms with van der Waals surface area (Å²) in [5, 5.41) is 9.65. The number of hydrogen-bond acceptors (Lipinski definition) is 5. The highest BCUT2D eigenvalue weighted by Crippen LogP contribution is 2.38. The number of amides is 1. The Kier molecular flexibility index (Phi) is 6.53. The third-order valence-corrected chi connectivity index (χ3v) is 8.25. The minimum absolute atomic E-state index is 0.139. The molecule has 3 fully saturated rings. The van der Waals surface area contributed by atoms with Gasteiger partial charge in [-0.1, -0.05) is 43.5 Å². The molecule has 2 aromatic carbocycles. The number of piperidine rings is 1. The molecule has 37 heavy (non-hydrogen) atoms. The maximum atomic E-state index is 15.0. The van der Waals surface area contributed by atoms with E-state index in [9.17, 15) is 9.90 Å². The van der Waals surface area contributed by atoms with Crippen LogP contribution in [0.3, 0.4) is 0 Å². The van der Waals surface area contributed by atoms with Crippen molar-refractivity contribution in [2.75, 3.05) is 18.0 Å². The van der Waals surface area contributed by atoms with Crippen LogP contribution in [-0.4, -0.2) is 45.0 Å². The second kappa shape index (κ2) is 10.1. The number of anilines is 1. The van der Waals surface area contributed by atoms with Crippen molar-refractivity contribution in [2.45, 2.75) is 57.5 Å². The standard InChI is InChI=1S/C30H33FN4O2/c31-27-8-4-3-7-25(27)28-26(29(37)35(23-11-12-23)18-20-9-13-24(36)14-10-20)17-32-30(33-28)34-16-15-21-5-1-2-6-22(21)19-34/h3-4,7-10,13-14,17,21-23,36H,1-2,5-6,11-12,15-16,18-19H2. The minimum atomic E-state index is -0.399. The van der Waals surface area contributed by atoms with E-state index in [0.717, 1.165) is 43.8 Å². The first kappa shape index (κ1) is 23.9. The molecule has 0 spiro atoms. The van der Waals surface area contributed by atoms with Crippen LogP contribution in [0.15, 0.2) is 54.7 Å². The summed E-state index contributed by atoms with van der Waals surface area (Å²) >= 11 is 0. The SMILES string of the molecule is O=C(c1cnc(N2CCC3CCCCC3C2)nc1-c1ccccc1F)N(Cc1ccc(O)cc1)C1CC1. The number of halogens is 1. The number of phenols is 1. The van der Waals surface area contributed by atoms with Gasteiger partial charge >= 0.3 is 0 Å². The largest absolute Gasteiger partial charge is 0.508 e. The van der Waals surface area contributed by atoms with Crippen molar-refractivity contribution < 1.29 is 14.3 Å². The molecule has 1 aromatic heterocycles. The van der Waals surface area contributed by atoms with E-state index in [1.54, 1.807) is 36.5 Å². The van der Waals surface area contributed by atoms with Gasteiger partial charge in [0.15, 0.2) is 0 Å². The summed E-state index contributed by atoms with van der Waals surface area (Å²) in [5.41, 5.74) is 1.93. The van der Waals surface area contributed by atoms with Crippen LogP contribution in [-0.2, 0) is 6.54 Å². The van der Waals surface area contributed by atoms with E-state index in [0.29, 0.717) is 35.2 Å². The summed E-state index contributed by atoms with van der Waals surface area (Å²) in [7, 11) is 0. The fourth-order valence-corrected chi connectivity index (χ4v) is 6.03. The fourth-order valence-electron chi connectivity index (χ4n) is 6.03. The Morgan fingerprint density at radius 3 is 2.51 bits per heavy atom. The van der Waals surface area contributed by atoms with Crippen LogP contribution in [0.5, 0.6) is 5.75 Å². The molecule has 7 heteroatoms. The second-order valence-corrected chi connectivity index (χ2v) is 10.8. The van der Waals surface area contributed by atoms with Gasteiger partial charge in [-0.25, -0.2) is 14.4 Å². The maximum absolute atomic E-state index is 15.0. The molecule has 3 aromatic rings. The van der Waals surface area contributed by atoms with Gasteiger partial charge in [-0.2, -0.15) is 0 Å². The van der Waals surface area contributed by atoms with Gasteiger partial charge in [-0.05, 0) is 67.3 Å². The Hall–Kier alpha value is -3.48. The molecule has 3 aliphatic rings. The summed E-state index contributed by atoms with van der Waals surface area (Å²) in [6.07, 6.45) is 9.77. The highest BCUT2D eigenvalue weighted by molar-refractivity contribution is 6.00. The van der Waals surface area contributed by atoms with Crippen molar-refractivity contribution in [1.29, 1.82) is 0 Å². The van der Waals surface area contributed by atoms with E-state index in [-0.39, 0.29) is 17.7 Å². The third-order valence-electron chi connectivity index (χ3n) is 8.25. The number of phenolic OH excluding ortho intramolecular Hbond substituents is 1. The highest BCUT2D eigenvalue weighted by Gasteiger charge is 2.36. The average molecular weight is 501 g/mol. The maximum Gasteiger partial charge on any atom is 0.258 e. The molecular weight excluding hydrogens is 467 g/mol. The van der Waals surface area contributed by atoms with Crippen LogP contribution in [0.4, 0.5) is 10.3 Å². The van der Waals surface area contributed by atoms with Gasteiger partial charge in [-0.15, -0.1) is 0 Å². The second-order valence-electron chi connectivity index (χ2n) is 10.8. The van der Waals surface area contributed by atoms with Crippen LogP contribution in [0.25, 0.3) is 11.3 Å². The van der Waals surface area contributed by atoms with Gasteiger partial charge in [0.05, 0.1) is 11.3 Å². The van der Waals surface area contributed by atoms with Crippen molar-refractivity contribution >= 4 is 11.9 Å². The third kappa shape index (κ3) is 5.04. The number of aromatic nitrogens is 2. The Bertz CT molecular complexity index is 1280. The number of nitrogens with zero attached hydrogens (tertiary/aromatic N) is 4. The van der Waals surface area contributed by atoms with Crippen LogP contribution >= 0.6 is 0 Å². The Balaban J connectivity index is 1.34. The number of benzene rings is 2. The summed E-state index contributed by atoms with van der Waals surface area (Å²) in [5.74, 6) is 1.62. The van der Waals surface area contributed by atoms with Crippen LogP contribution in [0.2, 0.25) is 0 Å². The van der Waals surface area contributed by atoms with Gasteiger partial charge < -0.3 is 14.9 Å². The van der Waals surface area contributed by atoms with Gasteiger partial charge in [-0.3, -0.25) is 4.79 Å². The Labute approximate surface area is 217 Å². The van der Waals surface area contributed by atoms with E-state index in [1.165, 1.54) is 31.7 Å². The lowest BCUT2D eigenvalue weighted by atomic mass is 9.75. The zero-order valence-corrected chi connectivity index (χ0v) is 21.0. The molecule has 2 saturated carbocycles. The van der Waals surface area contributed by atoms with Crippen molar-refractivity contribution in [3.63, 3.8) is 0 Å². The van der Waals surface area contributed by atoms with Crippen molar-refractivity contribution in [2.24, 2.45) is 11.8 Å². The fraction of sp³-hybridized carbons (Fsp3) is 0.433. The monoisotopic (exact) mass is 500 g/mol. The average Bonchev–Trinajstić information content (AvgIpc) is 3.77. The predicted octanol–water partition coefficient (Wildman–Crippen LogP) is 5.81. The van der Waals surface area contributed by atoms with E-state index in [1.807, 2.05) is 17.0 Å². The number of carbonyl (C=O) groups is 1. The minimum Gasteiger partial charge on any atom is -0.508 e. The van der Waals surface area contributed by atoms with E-state index < -0.39 is 5.82 Å². The number of aromatic hydroxyl groups is 1. The van der Waals surface area contributed by atoms with Gasteiger partial charge in [0.2, 0.25) is 5.95 Å². The molecule has 1 saturated heterocycles. The molecule has 6 nitrogen and oxygen atoms in total. The number of hydrogen-bond donors (Lipinski definition) is 1. The topological polar surface area (TPSA) is 69.6 Å². The van der Waals surface area contributed by atoms with Crippen LogP contribution < -0.4 is 4.90 Å². The number of carbonyl (C=O) groups excluding carboxylic acids is 1. The summed E-state index contributed by atoms with van der Waals surface area (Å²) in [6.45, 7) is 2.22. The van der Waals surface area contributed by atoms with Crippen LogP contribution in [0.1, 0.15) is 60.9 Å². The summed E-state index contributed by atoms with van der Waals surface area (Å²) in [6, 6.07) is 13.6. The zero-order valence-electron chi connectivity index (χ0n) is 21.0. The zero-order chi connectivity index (χ0) is 25.4. The van der Waals surface area contributed by atoms with E-state index in [4.69, 9.17) is 4.98 Å². The van der Waals surface area contributed by atoms with Crippen LogP contribution in [0, 0.1) is 17.7 Å². The highest BCUT2D eigenvalue weighted by atomic mass is 19.1. The van der Waals surface area contributed by atoms with E-state index in [2.05, 4.69) is 9.88 Å². The number of rotatable bonds is 6. The molecule has 0 radical (unpaired) electrons. The molecule has 192 valence electrons. The van der Waals surface area contributed by atoms with Crippen molar-refractivity contribution in [3.8, 4) is 17.0 Å². The molecule has 2 atom stereocenters. The predicted molar refractivity (Wildman–Crippen MR) is 141 cm³/mol. The molecule has 1 amide bonds. The molecule has 2 heterocycles. The smallest absolute Gasteiger partial charge is 0.258 e. The van der Waals surface area contributed by atoms with E-state index >= 15 is 4.39 Å². The lowest BCUT2D eigenvalue weighted by molar-refractivity contribution is 0.0730. The molecule has 0 bridgehead atoms. The quantitative estimate of drug-likeness (QED) is 0.463. The Morgan fingerprint density at radius 2 is 1.76 bits per heavy atom. The van der Waals surface area contributed by atoms with Crippen molar-refractivity contribution in [3.05, 3.63) is 71.7 Å². The Morgan fingerprint density at radius 1 is 1.00 bits per heavy atom. The molecule has 1 aliphatic heterocycles. The van der Waals surface area contributed by atoms with Gasteiger partial charge in [0, 0.05) is 37.4 Å². The van der Waals surface area contributed by atoms with Gasteiger partial charge in [0.1, 0.15) is 11.6 Å². The first-order valence-corrected chi connectivity index (χ1v) is 13.5.